The Bertz CT molecular complexity index is 502. The lowest BCUT2D eigenvalue weighted by Gasteiger charge is -2.35. The number of quaternary nitrogens is 1. The van der Waals surface area contributed by atoms with E-state index in [1.165, 1.54) is 6.08 Å². The Morgan fingerprint density at radius 2 is 1.90 bits per heavy atom. The van der Waals surface area contributed by atoms with E-state index in [1.54, 1.807) is 18.2 Å². The third kappa shape index (κ3) is 4.87. The summed E-state index contributed by atoms with van der Waals surface area (Å²) in [5.41, 5.74) is 0.525. The fourth-order valence-electron chi connectivity index (χ4n) is 2.74. The van der Waals surface area contributed by atoms with Crippen molar-refractivity contribution in [2.45, 2.75) is 32.3 Å². The van der Waals surface area contributed by atoms with Crippen LogP contribution in [0.3, 0.4) is 0 Å². The van der Waals surface area contributed by atoms with Crippen molar-refractivity contribution < 1.29 is 14.8 Å². The molecule has 0 aliphatic carbocycles. The minimum atomic E-state index is -0.407. The summed E-state index contributed by atoms with van der Waals surface area (Å²) in [6, 6.07) is 7.34. The molecule has 4 heteroatoms. The first-order chi connectivity index (χ1) is 9.97. The molecule has 1 aliphatic rings. The van der Waals surface area contributed by atoms with Gasteiger partial charge >= 0.3 is 5.97 Å². The van der Waals surface area contributed by atoms with Crippen LogP contribution in [0.1, 0.15) is 32.3 Å². The van der Waals surface area contributed by atoms with E-state index in [1.807, 2.05) is 26.0 Å². The van der Waals surface area contributed by atoms with Crippen molar-refractivity contribution in [3.63, 3.8) is 0 Å². The van der Waals surface area contributed by atoms with Crippen LogP contribution in [0, 0.1) is 5.92 Å². The zero-order valence-corrected chi connectivity index (χ0v) is 13.4. The highest BCUT2D eigenvalue weighted by Gasteiger charge is 2.34. The van der Waals surface area contributed by atoms with Crippen molar-refractivity contribution in [2.24, 2.45) is 5.92 Å². The monoisotopic (exact) mass is 308 g/mol. The second-order valence-electron chi connectivity index (χ2n) is 6.05. The summed E-state index contributed by atoms with van der Waals surface area (Å²) >= 11 is 5.83. The van der Waals surface area contributed by atoms with Crippen molar-refractivity contribution in [3.05, 3.63) is 40.9 Å². The van der Waals surface area contributed by atoms with Crippen LogP contribution >= 0.6 is 11.6 Å². The van der Waals surface area contributed by atoms with Crippen LogP contribution in [-0.4, -0.2) is 24.7 Å². The third-order valence-corrected chi connectivity index (χ3v) is 4.32. The molecule has 2 N–H and O–H groups in total. The SMILES string of the molecule is CC(C)(OC(=O)/C=C/c1ccc(Cl)cc1)C1CC[NH2+]CC1. The Morgan fingerprint density at radius 1 is 1.29 bits per heavy atom. The largest absolute Gasteiger partial charge is 0.456 e. The van der Waals surface area contributed by atoms with Crippen LogP contribution < -0.4 is 5.32 Å². The lowest BCUT2D eigenvalue weighted by atomic mass is 9.83. The second-order valence-corrected chi connectivity index (χ2v) is 6.49. The highest BCUT2D eigenvalue weighted by molar-refractivity contribution is 6.30. The standard InChI is InChI=1S/C17H22ClNO2/c1-17(2,14-9-11-19-12-10-14)21-16(20)8-5-13-3-6-15(18)7-4-13/h3-8,14,19H,9-12H2,1-2H3/p+1/b8-5+. The molecule has 0 spiro atoms. The Balaban J connectivity index is 1.92. The van der Waals surface area contributed by atoms with Crippen LogP contribution in [0.15, 0.2) is 30.3 Å². The third-order valence-electron chi connectivity index (χ3n) is 4.07. The molecular weight excluding hydrogens is 286 g/mol. The average molecular weight is 309 g/mol. The van der Waals surface area contributed by atoms with Crippen LogP contribution in [0.5, 0.6) is 0 Å². The van der Waals surface area contributed by atoms with Gasteiger partial charge in [-0.3, -0.25) is 0 Å². The Hall–Kier alpha value is -1.32. The minimum absolute atomic E-state index is 0.287. The van der Waals surface area contributed by atoms with Crippen LogP contribution in [-0.2, 0) is 9.53 Å². The average Bonchev–Trinajstić information content (AvgIpc) is 2.47. The topological polar surface area (TPSA) is 42.9 Å². The van der Waals surface area contributed by atoms with Gasteiger partial charge in [-0.25, -0.2) is 4.79 Å². The first-order valence-electron chi connectivity index (χ1n) is 7.46. The Labute approximate surface area is 131 Å². The summed E-state index contributed by atoms with van der Waals surface area (Å²) in [4.78, 5) is 12.0. The summed E-state index contributed by atoms with van der Waals surface area (Å²) in [7, 11) is 0. The summed E-state index contributed by atoms with van der Waals surface area (Å²) in [6.07, 6.45) is 5.44. The maximum Gasteiger partial charge on any atom is 0.331 e. The summed E-state index contributed by atoms with van der Waals surface area (Å²) in [5, 5.41) is 3.00. The molecule has 0 amide bonds. The number of carbonyl (C=O) groups excluding carboxylic acids is 1. The van der Waals surface area contributed by atoms with Gasteiger partial charge in [0.2, 0.25) is 0 Å². The Kier molecular flexibility index (Phi) is 5.43. The maximum atomic E-state index is 12.0. The van der Waals surface area contributed by atoms with E-state index in [4.69, 9.17) is 16.3 Å². The number of halogens is 1. The first-order valence-corrected chi connectivity index (χ1v) is 7.83. The number of rotatable bonds is 4. The van der Waals surface area contributed by atoms with E-state index in [-0.39, 0.29) is 5.97 Å². The number of hydrogen-bond donors (Lipinski definition) is 1. The highest BCUT2D eigenvalue weighted by Crippen LogP contribution is 2.28. The fraction of sp³-hybridized carbons (Fsp3) is 0.471. The summed E-state index contributed by atoms with van der Waals surface area (Å²) in [6.45, 7) is 6.26. The highest BCUT2D eigenvalue weighted by atomic mass is 35.5. The normalized spacial score (nSPS) is 17.1. The molecule has 0 atom stereocenters. The molecule has 114 valence electrons. The number of piperidine rings is 1. The second kappa shape index (κ2) is 7.10. The predicted octanol–water partition coefficient (Wildman–Crippen LogP) is 2.65. The van der Waals surface area contributed by atoms with E-state index in [0.717, 1.165) is 31.5 Å². The minimum Gasteiger partial charge on any atom is -0.456 e. The molecular formula is C17H23ClNO2+. The van der Waals surface area contributed by atoms with Gasteiger partial charge in [0, 0.05) is 29.9 Å². The smallest absolute Gasteiger partial charge is 0.331 e. The lowest BCUT2D eigenvalue weighted by Crippen LogP contribution is -2.86. The Morgan fingerprint density at radius 3 is 2.52 bits per heavy atom. The van der Waals surface area contributed by atoms with Crippen molar-refractivity contribution in [3.8, 4) is 0 Å². The van der Waals surface area contributed by atoms with Gasteiger partial charge in [-0.2, -0.15) is 0 Å². The maximum absolute atomic E-state index is 12.0. The van der Waals surface area contributed by atoms with E-state index in [0.29, 0.717) is 10.9 Å². The van der Waals surface area contributed by atoms with Gasteiger partial charge in [-0.1, -0.05) is 23.7 Å². The molecule has 0 aromatic heterocycles. The summed E-state index contributed by atoms with van der Waals surface area (Å²) in [5.74, 6) is 0.153. The van der Waals surface area contributed by atoms with Gasteiger partial charge < -0.3 is 10.1 Å². The van der Waals surface area contributed by atoms with Crippen molar-refractivity contribution >= 4 is 23.6 Å². The molecule has 1 aromatic carbocycles. The molecule has 1 heterocycles. The molecule has 2 rings (SSSR count). The molecule has 0 unspecified atom stereocenters. The molecule has 1 fully saturated rings. The van der Waals surface area contributed by atoms with E-state index in [9.17, 15) is 4.79 Å². The molecule has 0 saturated carbocycles. The van der Waals surface area contributed by atoms with Gasteiger partial charge in [0.25, 0.3) is 0 Å². The van der Waals surface area contributed by atoms with E-state index >= 15 is 0 Å². The number of esters is 1. The van der Waals surface area contributed by atoms with Gasteiger partial charge in [0.15, 0.2) is 0 Å². The molecule has 3 nitrogen and oxygen atoms in total. The molecule has 21 heavy (non-hydrogen) atoms. The lowest BCUT2D eigenvalue weighted by molar-refractivity contribution is -0.665. The van der Waals surface area contributed by atoms with E-state index < -0.39 is 5.60 Å². The summed E-state index contributed by atoms with van der Waals surface area (Å²) < 4.78 is 5.66. The number of carbonyl (C=O) groups is 1. The van der Waals surface area contributed by atoms with Gasteiger partial charge in [0.1, 0.15) is 5.60 Å². The van der Waals surface area contributed by atoms with Crippen molar-refractivity contribution in [1.82, 2.24) is 0 Å². The zero-order valence-electron chi connectivity index (χ0n) is 12.6. The first kappa shape index (κ1) is 16.1. The quantitative estimate of drug-likeness (QED) is 0.686. The van der Waals surface area contributed by atoms with Crippen LogP contribution in [0.25, 0.3) is 6.08 Å². The molecule has 0 radical (unpaired) electrons. The molecule has 1 aliphatic heterocycles. The molecule has 1 saturated heterocycles. The zero-order chi connectivity index (χ0) is 15.3. The van der Waals surface area contributed by atoms with Gasteiger partial charge in [-0.15, -0.1) is 0 Å². The molecule has 0 bridgehead atoms. The van der Waals surface area contributed by atoms with Crippen molar-refractivity contribution in [1.29, 1.82) is 0 Å². The number of nitrogens with two attached hydrogens (primary N) is 1. The fourth-order valence-corrected chi connectivity index (χ4v) is 2.86. The molecule has 1 aromatic rings. The van der Waals surface area contributed by atoms with Gasteiger partial charge in [0.05, 0.1) is 13.1 Å². The van der Waals surface area contributed by atoms with Gasteiger partial charge in [-0.05, 0) is 37.6 Å². The number of benzene rings is 1. The van der Waals surface area contributed by atoms with Crippen molar-refractivity contribution in [2.75, 3.05) is 13.1 Å². The number of hydrogen-bond acceptors (Lipinski definition) is 2. The predicted molar refractivity (Wildman–Crippen MR) is 85.0 cm³/mol. The number of ether oxygens (including phenoxy) is 1. The van der Waals surface area contributed by atoms with E-state index in [2.05, 4.69) is 5.32 Å². The van der Waals surface area contributed by atoms with Crippen LogP contribution in [0.2, 0.25) is 5.02 Å². The van der Waals surface area contributed by atoms with Crippen LogP contribution in [0.4, 0.5) is 0 Å².